The van der Waals surface area contributed by atoms with Gasteiger partial charge in [0.25, 0.3) is 0 Å². The molecule has 0 spiro atoms. The number of aryl methyl sites for hydroxylation is 1. The van der Waals surface area contributed by atoms with Gasteiger partial charge in [0, 0.05) is 11.8 Å². The summed E-state index contributed by atoms with van der Waals surface area (Å²) in [7, 11) is 0. The highest BCUT2D eigenvalue weighted by molar-refractivity contribution is 5.42. The molecule has 0 amide bonds. The van der Waals surface area contributed by atoms with Gasteiger partial charge in [-0.1, -0.05) is 20.8 Å². The molecular formula is C17H28N2O. The van der Waals surface area contributed by atoms with Crippen molar-refractivity contribution >= 4 is 5.82 Å². The Balaban J connectivity index is 2.05. The zero-order valence-electron chi connectivity index (χ0n) is 13.2. The predicted molar refractivity (Wildman–Crippen MR) is 83.2 cm³/mol. The monoisotopic (exact) mass is 276 g/mol. The molecule has 0 radical (unpaired) electrons. The van der Waals surface area contributed by atoms with Crippen LogP contribution in [0.5, 0.6) is 0 Å². The Morgan fingerprint density at radius 1 is 1.25 bits per heavy atom. The maximum atomic E-state index is 10.6. The van der Waals surface area contributed by atoms with E-state index in [-0.39, 0.29) is 0 Å². The van der Waals surface area contributed by atoms with E-state index in [9.17, 15) is 5.11 Å². The zero-order valence-corrected chi connectivity index (χ0v) is 13.2. The number of aliphatic hydroxyl groups is 1. The lowest BCUT2D eigenvalue weighted by molar-refractivity contribution is 0.0530. The first-order valence-corrected chi connectivity index (χ1v) is 7.69. The van der Waals surface area contributed by atoms with Crippen LogP contribution in [-0.2, 0) is 0 Å². The van der Waals surface area contributed by atoms with Crippen molar-refractivity contribution in [3.63, 3.8) is 0 Å². The first-order chi connectivity index (χ1) is 9.29. The van der Waals surface area contributed by atoms with Crippen LogP contribution >= 0.6 is 0 Å². The van der Waals surface area contributed by atoms with Gasteiger partial charge >= 0.3 is 0 Å². The number of nitrogens with zero attached hydrogens (tertiary/aromatic N) is 1. The molecule has 0 aliphatic heterocycles. The zero-order chi connectivity index (χ0) is 14.9. The highest BCUT2D eigenvalue weighted by Gasteiger charge is 2.33. The van der Waals surface area contributed by atoms with Gasteiger partial charge in [0.15, 0.2) is 0 Å². The molecule has 2 rings (SSSR count). The van der Waals surface area contributed by atoms with Crippen LogP contribution in [0.2, 0.25) is 0 Å². The van der Waals surface area contributed by atoms with Crippen LogP contribution in [0.1, 0.15) is 63.7 Å². The normalized spacial score (nSPS) is 25.4. The standard InChI is InChI=1S/C17H28N2O/c1-11-9-14(16(18)19-10-11)15(20)12-5-7-13(8-6-12)17(2,3)4/h9-10,12-13,15,20H,5-8H2,1-4H3,(H2,18,19). The quantitative estimate of drug-likeness (QED) is 0.862. The van der Waals surface area contributed by atoms with Crippen LogP contribution in [0.4, 0.5) is 5.82 Å². The Bertz CT molecular complexity index is 457. The van der Waals surface area contributed by atoms with Crippen LogP contribution in [0.15, 0.2) is 12.3 Å². The number of aliphatic hydroxyl groups excluding tert-OH is 1. The predicted octanol–water partition coefficient (Wildman–Crippen LogP) is 3.86. The summed E-state index contributed by atoms with van der Waals surface area (Å²) in [5, 5.41) is 10.6. The molecule has 3 nitrogen and oxygen atoms in total. The lowest BCUT2D eigenvalue weighted by Crippen LogP contribution is -2.28. The van der Waals surface area contributed by atoms with Gasteiger partial charge in [0.1, 0.15) is 5.82 Å². The topological polar surface area (TPSA) is 59.1 Å². The molecule has 0 aromatic carbocycles. The molecule has 112 valence electrons. The number of anilines is 1. The second-order valence-corrected chi connectivity index (χ2v) is 7.41. The third-order valence-corrected chi connectivity index (χ3v) is 4.85. The Kier molecular flexibility index (Phi) is 4.38. The minimum absolute atomic E-state index is 0.319. The van der Waals surface area contributed by atoms with Crippen molar-refractivity contribution in [1.82, 2.24) is 4.98 Å². The van der Waals surface area contributed by atoms with Crippen molar-refractivity contribution in [3.8, 4) is 0 Å². The number of nitrogen functional groups attached to an aromatic ring is 1. The molecule has 1 aromatic rings. The summed E-state index contributed by atoms with van der Waals surface area (Å²) in [6.45, 7) is 8.93. The fourth-order valence-electron chi connectivity index (χ4n) is 3.39. The van der Waals surface area contributed by atoms with Crippen molar-refractivity contribution in [2.75, 3.05) is 5.73 Å². The summed E-state index contributed by atoms with van der Waals surface area (Å²) in [6, 6.07) is 1.98. The van der Waals surface area contributed by atoms with E-state index in [4.69, 9.17) is 5.73 Å². The summed E-state index contributed by atoms with van der Waals surface area (Å²) in [4.78, 5) is 4.17. The van der Waals surface area contributed by atoms with E-state index in [1.807, 2.05) is 13.0 Å². The molecular weight excluding hydrogens is 248 g/mol. The van der Waals surface area contributed by atoms with E-state index in [1.54, 1.807) is 6.20 Å². The lowest BCUT2D eigenvalue weighted by atomic mass is 9.68. The van der Waals surface area contributed by atoms with E-state index in [0.717, 1.165) is 29.9 Å². The Labute approximate surface area is 122 Å². The fraction of sp³-hybridized carbons (Fsp3) is 0.706. The van der Waals surface area contributed by atoms with E-state index in [1.165, 1.54) is 12.8 Å². The van der Waals surface area contributed by atoms with Crippen LogP contribution < -0.4 is 5.73 Å². The lowest BCUT2D eigenvalue weighted by Gasteiger charge is -2.38. The SMILES string of the molecule is Cc1cnc(N)c(C(O)C2CCC(C(C)(C)C)CC2)c1. The van der Waals surface area contributed by atoms with Crippen molar-refractivity contribution in [2.45, 2.75) is 59.5 Å². The second-order valence-electron chi connectivity index (χ2n) is 7.41. The Hall–Kier alpha value is -1.09. The first-order valence-electron chi connectivity index (χ1n) is 7.69. The third-order valence-electron chi connectivity index (χ3n) is 4.85. The summed E-state index contributed by atoms with van der Waals surface area (Å²) in [5.74, 6) is 1.56. The van der Waals surface area contributed by atoms with Gasteiger partial charge in [-0.3, -0.25) is 0 Å². The first kappa shape index (κ1) is 15.3. The number of aromatic nitrogens is 1. The molecule has 1 aliphatic carbocycles. The summed E-state index contributed by atoms with van der Waals surface area (Å²) < 4.78 is 0. The van der Waals surface area contributed by atoms with Gasteiger partial charge in [-0.05, 0) is 61.5 Å². The van der Waals surface area contributed by atoms with Crippen LogP contribution in [0.25, 0.3) is 0 Å². The van der Waals surface area contributed by atoms with Crippen LogP contribution in [0.3, 0.4) is 0 Å². The molecule has 3 N–H and O–H groups in total. The average molecular weight is 276 g/mol. The van der Waals surface area contributed by atoms with E-state index >= 15 is 0 Å². The van der Waals surface area contributed by atoms with E-state index in [0.29, 0.717) is 17.2 Å². The molecule has 1 saturated carbocycles. The molecule has 3 heteroatoms. The number of nitrogens with two attached hydrogens (primary N) is 1. The average Bonchev–Trinajstić information content (AvgIpc) is 2.40. The summed E-state index contributed by atoms with van der Waals surface area (Å²) in [6.07, 6.45) is 5.84. The van der Waals surface area contributed by atoms with Gasteiger partial charge < -0.3 is 10.8 Å². The minimum atomic E-state index is -0.469. The fourth-order valence-corrected chi connectivity index (χ4v) is 3.39. The van der Waals surface area contributed by atoms with Gasteiger partial charge in [-0.25, -0.2) is 4.98 Å². The number of hydrogen-bond acceptors (Lipinski definition) is 3. The van der Waals surface area contributed by atoms with E-state index in [2.05, 4.69) is 25.8 Å². The van der Waals surface area contributed by atoms with Crippen molar-refractivity contribution < 1.29 is 5.11 Å². The molecule has 1 atom stereocenters. The molecule has 1 aliphatic rings. The van der Waals surface area contributed by atoms with E-state index < -0.39 is 6.10 Å². The summed E-state index contributed by atoms with van der Waals surface area (Å²) in [5.41, 5.74) is 8.16. The smallest absolute Gasteiger partial charge is 0.129 e. The molecule has 1 aromatic heterocycles. The Morgan fingerprint density at radius 3 is 2.40 bits per heavy atom. The van der Waals surface area contributed by atoms with Gasteiger partial charge in [0.05, 0.1) is 6.10 Å². The minimum Gasteiger partial charge on any atom is -0.388 e. The van der Waals surface area contributed by atoms with Crippen molar-refractivity contribution in [3.05, 3.63) is 23.4 Å². The molecule has 0 saturated heterocycles. The number of pyridine rings is 1. The Morgan fingerprint density at radius 2 is 1.85 bits per heavy atom. The summed E-state index contributed by atoms with van der Waals surface area (Å²) >= 11 is 0. The number of hydrogen-bond donors (Lipinski definition) is 2. The molecule has 0 bridgehead atoms. The molecule has 20 heavy (non-hydrogen) atoms. The maximum absolute atomic E-state index is 10.6. The van der Waals surface area contributed by atoms with Gasteiger partial charge in [0.2, 0.25) is 0 Å². The molecule has 1 heterocycles. The number of rotatable bonds is 2. The van der Waals surface area contributed by atoms with Crippen LogP contribution in [0, 0.1) is 24.2 Å². The maximum Gasteiger partial charge on any atom is 0.129 e. The van der Waals surface area contributed by atoms with Gasteiger partial charge in [-0.2, -0.15) is 0 Å². The third kappa shape index (κ3) is 3.32. The largest absolute Gasteiger partial charge is 0.388 e. The highest BCUT2D eigenvalue weighted by Crippen LogP contribution is 2.43. The van der Waals surface area contributed by atoms with Crippen LogP contribution in [-0.4, -0.2) is 10.1 Å². The van der Waals surface area contributed by atoms with Crippen molar-refractivity contribution in [1.29, 1.82) is 0 Å². The highest BCUT2D eigenvalue weighted by atomic mass is 16.3. The second kappa shape index (κ2) is 5.72. The molecule has 1 unspecified atom stereocenters. The molecule has 1 fully saturated rings. The van der Waals surface area contributed by atoms with Crippen molar-refractivity contribution in [2.24, 2.45) is 17.3 Å². The van der Waals surface area contributed by atoms with Gasteiger partial charge in [-0.15, -0.1) is 0 Å².